The number of para-hydroxylation sites is 2. The Kier molecular flexibility index (Phi) is 4.68. The van der Waals surface area contributed by atoms with Crippen LogP contribution >= 0.6 is 11.3 Å². The summed E-state index contributed by atoms with van der Waals surface area (Å²) in [5.41, 5.74) is 2.56. The number of nitrogens with one attached hydrogen (secondary N) is 2. The number of H-pyrrole nitrogens is 1. The molecule has 1 aromatic carbocycles. The van der Waals surface area contributed by atoms with Gasteiger partial charge in [0.1, 0.15) is 11.5 Å². The first-order valence-electron chi connectivity index (χ1n) is 7.44. The van der Waals surface area contributed by atoms with Crippen LogP contribution in [0.1, 0.15) is 21.3 Å². The number of amides is 1. The van der Waals surface area contributed by atoms with Crippen LogP contribution in [-0.4, -0.2) is 46.4 Å². The number of thiazole rings is 1. The standard InChI is InChI=1S/C16H19N5OS/c1-21(2)16(22)13-10-23-15(20-13)7-8-17-9-14-18-11-5-3-4-6-12(11)19-14/h3-6,10,17H,7-9H2,1-2H3,(H,18,19). The second-order valence-corrected chi connectivity index (χ2v) is 6.40. The molecule has 0 aliphatic rings. The minimum atomic E-state index is -0.0530. The molecule has 0 unspecified atom stereocenters. The lowest BCUT2D eigenvalue weighted by Gasteiger charge is -2.06. The molecule has 6 nitrogen and oxygen atoms in total. The Morgan fingerprint density at radius 3 is 2.91 bits per heavy atom. The summed E-state index contributed by atoms with van der Waals surface area (Å²) in [6.45, 7) is 1.48. The molecule has 1 amide bonds. The summed E-state index contributed by atoms with van der Waals surface area (Å²) in [5, 5.41) is 6.13. The van der Waals surface area contributed by atoms with Gasteiger partial charge in [0.15, 0.2) is 0 Å². The molecule has 0 bridgehead atoms. The van der Waals surface area contributed by atoms with Gasteiger partial charge in [0.25, 0.3) is 5.91 Å². The number of carbonyl (C=O) groups excluding carboxylic acids is 1. The SMILES string of the molecule is CN(C)C(=O)c1csc(CCNCc2nc3ccccc3[nH]2)n1. The van der Waals surface area contributed by atoms with Crippen molar-refractivity contribution in [2.24, 2.45) is 0 Å². The van der Waals surface area contributed by atoms with Gasteiger partial charge in [0.2, 0.25) is 0 Å². The van der Waals surface area contributed by atoms with Crippen LogP contribution in [0, 0.1) is 0 Å². The molecular weight excluding hydrogens is 310 g/mol. The highest BCUT2D eigenvalue weighted by atomic mass is 32.1. The Morgan fingerprint density at radius 2 is 2.13 bits per heavy atom. The Labute approximate surface area is 138 Å². The first-order chi connectivity index (χ1) is 11.1. The summed E-state index contributed by atoms with van der Waals surface area (Å²) in [5.74, 6) is 0.872. The lowest BCUT2D eigenvalue weighted by molar-refractivity contribution is 0.0822. The van der Waals surface area contributed by atoms with Crippen LogP contribution in [0.3, 0.4) is 0 Å². The smallest absolute Gasteiger partial charge is 0.272 e. The lowest BCUT2D eigenvalue weighted by atomic mass is 10.3. The summed E-state index contributed by atoms with van der Waals surface area (Å²) in [6.07, 6.45) is 0.797. The highest BCUT2D eigenvalue weighted by Gasteiger charge is 2.12. The Balaban J connectivity index is 1.49. The predicted octanol–water partition coefficient (Wildman–Crippen LogP) is 2.05. The van der Waals surface area contributed by atoms with Crippen molar-refractivity contribution < 1.29 is 4.79 Å². The first-order valence-corrected chi connectivity index (χ1v) is 8.32. The van der Waals surface area contributed by atoms with E-state index in [0.717, 1.165) is 34.8 Å². The molecule has 0 saturated carbocycles. The maximum atomic E-state index is 11.8. The molecule has 23 heavy (non-hydrogen) atoms. The highest BCUT2D eigenvalue weighted by molar-refractivity contribution is 7.09. The Morgan fingerprint density at radius 1 is 1.30 bits per heavy atom. The van der Waals surface area contributed by atoms with Gasteiger partial charge >= 0.3 is 0 Å². The number of aromatic nitrogens is 3. The average Bonchev–Trinajstić information content (AvgIpc) is 3.17. The van der Waals surface area contributed by atoms with Crippen LogP contribution in [0.25, 0.3) is 11.0 Å². The van der Waals surface area contributed by atoms with E-state index in [9.17, 15) is 4.79 Å². The van der Waals surface area contributed by atoms with Crippen molar-refractivity contribution in [3.63, 3.8) is 0 Å². The van der Waals surface area contributed by atoms with Gasteiger partial charge < -0.3 is 15.2 Å². The van der Waals surface area contributed by atoms with Crippen LogP contribution in [0.5, 0.6) is 0 Å². The number of hydrogen-bond acceptors (Lipinski definition) is 5. The topological polar surface area (TPSA) is 73.9 Å². The van der Waals surface area contributed by atoms with Crippen LogP contribution < -0.4 is 5.32 Å². The number of hydrogen-bond donors (Lipinski definition) is 2. The van der Waals surface area contributed by atoms with Gasteiger partial charge in [-0.25, -0.2) is 9.97 Å². The Bertz CT molecular complexity index is 775. The van der Waals surface area contributed by atoms with Crippen molar-refractivity contribution in [3.05, 3.63) is 46.2 Å². The van der Waals surface area contributed by atoms with E-state index < -0.39 is 0 Å². The lowest BCUT2D eigenvalue weighted by Crippen LogP contribution is -2.22. The fraction of sp³-hybridized carbons (Fsp3) is 0.312. The summed E-state index contributed by atoms with van der Waals surface area (Å²) in [4.78, 5) is 25.5. The van der Waals surface area contributed by atoms with Crippen LogP contribution in [-0.2, 0) is 13.0 Å². The molecule has 3 rings (SSSR count). The van der Waals surface area contributed by atoms with Gasteiger partial charge in [-0.3, -0.25) is 4.79 Å². The van der Waals surface area contributed by atoms with E-state index in [1.807, 2.05) is 29.6 Å². The summed E-state index contributed by atoms with van der Waals surface area (Å²) < 4.78 is 0. The van der Waals surface area contributed by atoms with E-state index in [4.69, 9.17) is 0 Å². The first kappa shape index (κ1) is 15.6. The van der Waals surface area contributed by atoms with Gasteiger partial charge in [-0.15, -0.1) is 11.3 Å². The number of imidazole rings is 1. The maximum Gasteiger partial charge on any atom is 0.272 e. The number of fused-ring (bicyclic) bond motifs is 1. The third-order valence-corrected chi connectivity index (χ3v) is 4.33. The monoisotopic (exact) mass is 329 g/mol. The minimum absolute atomic E-state index is 0.0530. The van der Waals surface area contributed by atoms with Crippen molar-refractivity contribution in [2.75, 3.05) is 20.6 Å². The highest BCUT2D eigenvalue weighted by Crippen LogP contribution is 2.12. The van der Waals surface area contributed by atoms with E-state index in [-0.39, 0.29) is 5.91 Å². The molecule has 0 saturated heterocycles. The summed E-state index contributed by atoms with van der Waals surface area (Å²) >= 11 is 1.52. The van der Waals surface area contributed by atoms with Gasteiger partial charge in [-0.05, 0) is 12.1 Å². The van der Waals surface area contributed by atoms with E-state index in [2.05, 4.69) is 20.3 Å². The van der Waals surface area contributed by atoms with Gasteiger partial charge in [0, 0.05) is 32.4 Å². The Hall–Kier alpha value is -2.25. The normalized spacial score (nSPS) is 11.0. The fourth-order valence-electron chi connectivity index (χ4n) is 2.24. The van der Waals surface area contributed by atoms with Gasteiger partial charge in [-0.2, -0.15) is 0 Å². The van der Waals surface area contributed by atoms with Crippen molar-refractivity contribution in [2.45, 2.75) is 13.0 Å². The van der Waals surface area contributed by atoms with E-state index in [0.29, 0.717) is 12.2 Å². The molecule has 0 radical (unpaired) electrons. The van der Waals surface area contributed by atoms with Crippen LogP contribution in [0.2, 0.25) is 0 Å². The van der Waals surface area contributed by atoms with Crippen molar-refractivity contribution >= 4 is 28.3 Å². The number of carbonyl (C=O) groups is 1. The molecule has 7 heteroatoms. The molecule has 0 atom stereocenters. The quantitative estimate of drug-likeness (QED) is 0.679. The molecule has 0 aliphatic carbocycles. The molecule has 3 aromatic rings. The predicted molar refractivity (Wildman–Crippen MR) is 91.6 cm³/mol. The fourth-order valence-corrected chi connectivity index (χ4v) is 3.02. The zero-order chi connectivity index (χ0) is 16.2. The van der Waals surface area contributed by atoms with Crippen LogP contribution in [0.4, 0.5) is 0 Å². The largest absolute Gasteiger partial charge is 0.343 e. The van der Waals surface area contributed by atoms with Gasteiger partial charge in [0.05, 0.1) is 22.6 Å². The van der Waals surface area contributed by atoms with E-state index >= 15 is 0 Å². The average molecular weight is 329 g/mol. The third kappa shape index (κ3) is 3.75. The van der Waals surface area contributed by atoms with Gasteiger partial charge in [-0.1, -0.05) is 12.1 Å². The molecule has 0 fully saturated rings. The zero-order valence-corrected chi connectivity index (χ0v) is 14.0. The maximum absolute atomic E-state index is 11.8. The van der Waals surface area contributed by atoms with Crippen molar-refractivity contribution in [1.29, 1.82) is 0 Å². The van der Waals surface area contributed by atoms with E-state index in [1.165, 1.54) is 11.3 Å². The summed E-state index contributed by atoms with van der Waals surface area (Å²) in [6, 6.07) is 7.99. The molecule has 120 valence electrons. The number of rotatable bonds is 6. The van der Waals surface area contributed by atoms with Crippen LogP contribution in [0.15, 0.2) is 29.6 Å². The van der Waals surface area contributed by atoms with Crippen molar-refractivity contribution in [3.8, 4) is 0 Å². The molecule has 2 N–H and O–H groups in total. The third-order valence-electron chi connectivity index (χ3n) is 3.42. The second kappa shape index (κ2) is 6.89. The van der Waals surface area contributed by atoms with Crippen molar-refractivity contribution in [1.82, 2.24) is 25.2 Å². The van der Waals surface area contributed by atoms with E-state index in [1.54, 1.807) is 19.0 Å². The zero-order valence-electron chi connectivity index (χ0n) is 13.2. The molecular formula is C16H19N5OS. The molecule has 2 heterocycles. The molecule has 0 aliphatic heterocycles. The number of nitrogens with zero attached hydrogens (tertiary/aromatic N) is 3. The summed E-state index contributed by atoms with van der Waals surface area (Å²) in [7, 11) is 3.46. The second-order valence-electron chi connectivity index (χ2n) is 5.45. The number of aromatic amines is 1. The minimum Gasteiger partial charge on any atom is -0.343 e. The molecule has 0 spiro atoms. The molecule has 2 aromatic heterocycles. The number of benzene rings is 1.